The number of ether oxygens (including phenoxy) is 1. The van der Waals surface area contributed by atoms with Gasteiger partial charge in [-0.15, -0.1) is 0 Å². The van der Waals surface area contributed by atoms with Gasteiger partial charge < -0.3 is 9.72 Å². The van der Waals surface area contributed by atoms with Crippen LogP contribution in [0.1, 0.15) is 34.2 Å². The van der Waals surface area contributed by atoms with Gasteiger partial charge in [0.2, 0.25) is 5.78 Å². The standard InChI is InChI=1S/C24H23N3O3/c1-15-20(16(2)27(26-15)18-9-5-4-6-10-18)13-23(28)30-17(3)24(29)21-14-25-22-12-8-7-11-19(21)22/h4-12,14,17,25H,13H2,1-3H3/t17-/m0/s1. The first kappa shape index (κ1) is 19.6. The summed E-state index contributed by atoms with van der Waals surface area (Å²) < 4.78 is 7.29. The van der Waals surface area contributed by atoms with Crippen LogP contribution >= 0.6 is 0 Å². The van der Waals surface area contributed by atoms with E-state index in [0.29, 0.717) is 5.56 Å². The van der Waals surface area contributed by atoms with Gasteiger partial charge in [-0.25, -0.2) is 4.68 Å². The van der Waals surface area contributed by atoms with Gasteiger partial charge in [0.15, 0.2) is 6.10 Å². The largest absolute Gasteiger partial charge is 0.454 e. The van der Waals surface area contributed by atoms with E-state index in [0.717, 1.165) is 33.5 Å². The van der Waals surface area contributed by atoms with Crippen molar-refractivity contribution in [2.75, 3.05) is 0 Å². The minimum atomic E-state index is -0.874. The number of aromatic nitrogens is 3. The first-order valence-electron chi connectivity index (χ1n) is 9.86. The van der Waals surface area contributed by atoms with E-state index in [9.17, 15) is 9.59 Å². The third-order valence-electron chi connectivity index (χ3n) is 5.30. The number of carbonyl (C=O) groups excluding carboxylic acids is 2. The predicted molar refractivity (Wildman–Crippen MR) is 115 cm³/mol. The number of Topliss-reactive ketones (excluding diaryl/α,β-unsaturated/α-hetero) is 1. The average molecular weight is 401 g/mol. The molecule has 152 valence electrons. The van der Waals surface area contributed by atoms with Gasteiger partial charge in [-0.3, -0.25) is 9.59 Å². The van der Waals surface area contributed by atoms with Gasteiger partial charge >= 0.3 is 5.97 Å². The molecule has 6 heteroatoms. The van der Waals surface area contributed by atoms with Gasteiger partial charge in [0.1, 0.15) is 0 Å². The smallest absolute Gasteiger partial charge is 0.311 e. The Bertz CT molecular complexity index is 1220. The molecule has 0 saturated carbocycles. The van der Waals surface area contributed by atoms with Gasteiger partial charge in [-0.2, -0.15) is 5.10 Å². The number of H-pyrrole nitrogens is 1. The Kier molecular flexibility index (Phi) is 5.23. The Morgan fingerprint density at radius 1 is 1.07 bits per heavy atom. The van der Waals surface area contributed by atoms with E-state index in [2.05, 4.69) is 10.1 Å². The molecule has 0 radical (unpaired) electrons. The SMILES string of the molecule is Cc1nn(-c2ccccc2)c(C)c1CC(=O)O[C@@H](C)C(=O)c1c[nH]c2ccccc12. The molecule has 0 saturated heterocycles. The van der Waals surface area contributed by atoms with Crippen LogP contribution in [0.25, 0.3) is 16.6 Å². The van der Waals surface area contributed by atoms with Crippen LogP contribution in [-0.4, -0.2) is 32.6 Å². The molecule has 0 amide bonds. The van der Waals surface area contributed by atoms with Gasteiger partial charge in [-0.05, 0) is 39.0 Å². The second-order valence-electron chi connectivity index (χ2n) is 7.32. The Hall–Kier alpha value is -3.67. The van der Waals surface area contributed by atoms with Crippen molar-refractivity contribution in [2.24, 2.45) is 0 Å². The fourth-order valence-electron chi connectivity index (χ4n) is 3.68. The first-order valence-corrected chi connectivity index (χ1v) is 9.86. The third-order valence-corrected chi connectivity index (χ3v) is 5.30. The van der Waals surface area contributed by atoms with Crippen LogP contribution in [0.3, 0.4) is 0 Å². The van der Waals surface area contributed by atoms with Crippen LogP contribution in [0.2, 0.25) is 0 Å². The molecule has 0 fully saturated rings. The zero-order valence-corrected chi connectivity index (χ0v) is 17.2. The third kappa shape index (κ3) is 3.64. The molecule has 0 unspecified atom stereocenters. The Morgan fingerprint density at radius 3 is 2.53 bits per heavy atom. The molecule has 4 aromatic rings. The number of para-hydroxylation sites is 2. The highest BCUT2D eigenvalue weighted by molar-refractivity contribution is 6.10. The molecule has 0 aliphatic rings. The van der Waals surface area contributed by atoms with Crippen molar-refractivity contribution in [3.63, 3.8) is 0 Å². The molecule has 0 bridgehead atoms. The van der Waals surface area contributed by atoms with Crippen LogP contribution in [0.15, 0.2) is 60.8 Å². The lowest BCUT2D eigenvalue weighted by Gasteiger charge is -2.12. The number of carbonyl (C=O) groups is 2. The van der Waals surface area contributed by atoms with Crippen molar-refractivity contribution < 1.29 is 14.3 Å². The summed E-state index contributed by atoms with van der Waals surface area (Å²) in [7, 11) is 0. The van der Waals surface area contributed by atoms with E-state index < -0.39 is 12.1 Å². The van der Waals surface area contributed by atoms with Gasteiger partial charge in [0.25, 0.3) is 0 Å². The first-order chi connectivity index (χ1) is 14.5. The highest BCUT2D eigenvalue weighted by Crippen LogP contribution is 2.21. The van der Waals surface area contributed by atoms with Crippen molar-refractivity contribution >= 4 is 22.7 Å². The van der Waals surface area contributed by atoms with E-state index in [1.807, 2.05) is 73.1 Å². The zero-order chi connectivity index (χ0) is 21.3. The lowest BCUT2D eigenvalue weighted by atomic mass is 10.1. The van der Waals surface area contributed by atoms with E-state index in [1.165, 1.54) is 0 Å². The molecule has 2 aromatic heterocycles. The van der Waals surface area contributed by atoms with Crippen molar-refractivity contribution in [2.45, 2.75) is 33.3 Å². The summed E-state index contributed by atoms with van der Waals surface area (Å²) in [5.41, 5.74) is 4.79. The minimum Gasteiger partial charge on any atom is -0.454 e. The van der Waals surface area contributed by atoms with Crippen molar-refractivity contribution in [1.29, 1.82) is 0 Å². The topological polar surface area (TPSA) is 77.0 Å². The molecule has 1 N–H and O–H groups in total. The predicted octanol–water partition coefficient (Wildman–Crippen LogP) is 4.33. The van der Waals surface area contributed by atoms with Crippen LogP contribution in [0.4, 0.5) is 0 Å². The summed E-state index contributed by atoms with van der Waals surface area (Å²) in [6.07, 6.45) is 0.854. The number of aryl methyl sites for hydroxylation is 1. The number of benzene rings is 2. The number of rotatable bonds is 6. The summed E-state index contributed by atoms with van der Waals surface area (Å²) in [5, 5.41) is 5.38. The van der Waals surface area contributed by atoms with Crippen molar-refractivity contribution in [3.05, 3.63) is 83.3 Å². The minimum absolute atomic E-state index is 0.0655. The average Bonchev–Trinajstić information content (AvgIpc) is 3.30. The fraction of sp³-hybridized carbons (Fsp3) is 0.208. The van der Waals surface area contributed by atoms with Crippen molar-refractivity contribution in [1.82, 2.24) is 14.8 Å². The van der Waals surface area contributed by atoms with Gasteiger partial charge in [-0.1, -0.05) is 36.4 Å². The quantitative estimate of drug-likeness (QED) is 0.385. The maximum atomic E-state index is 12.8. The molecule has 2 heterocycles. The van der Waals surface area contributed by atoms with Gasteiger partial charge in [0, 0.05) is 33.9 Å². The molecule has 4 rings (SSSR count). The number of hydrogen-bond donors (Lipinski definition) is 1. The molecule has 30 heavy (non-hydrogen) atoms. The number of aromatic amines is 1. The number of fused-ring (bicyclic) bond motifs is 1. The van der Waals surface area contributed by atoms with E-state index in [1.54, 1.807) is 13.1 Å². The molecule has 0 aliphatic carbocycles. The van der Waals surface area contributed by atoms with E-state index in [-0.39, 0.29) is 12.2 Å². The highest BCUT2D eigenvalue weighted by atomic mass is 16.5. The van der Waals surface area contributed by atoms with Gasteiger partial charge in [0.05, 0.1) is 17.8 Å². The summed E-state index contributed by atoms with van der Waals surface area (Å²) >= 11 is 0. The Labute approximate surface area is 174 Å². The molecule has 6 nitrogen and oxygen atoms in total. The molecule has 0 aliphatic heterocycles. The molecule has 1 atom stereocenters. The maximum Gasteiger partial charge on any atom is 0.311 e. The lowest BCUT2D eigenvalue weighted by Crippen LogP contribution is -2.25. The summed E-state index contributed by atoms with van der Waals surface area (Å²) in [6, 6.07) is 17.3. The number of ketones is 1. The monoisotopic (exact) mass is 401 g/mol. The van der Waals surface area contributed by atoms with Crippen LogP contribution in [0, 0.1) is 13.8 Å². The highest BCUT2D eigenvalue weighted by Gasteiger charge is 2.24. The van der Waals surface area contributed by atoms with Crippen LogP contribution < -0.4 is 0 Å². The number of nitrogens with zero attached hydrogens (tertiary/aromatic N) is 2. The Balaban J connectivity index is 1.48. The number of nitrogens with one attached hydrogen (secondary N) is 1. The molecule has 0 spiro atoms. The fourth-order valence-corrected chi connectivity index (χ4v) is 3.68. The summed E-state index contributed by atoms with van der Waals surface area (Å²) in [4.78, 5) is 28.5. The maximum absolute atomic E-state index is 12.8. The lowest BCUT2D eigenvalue weighted by molar-refractivity contribution is -0.145. The van der Waals surface area contributed by atoms with Crippen LogP contribution in [0.5, 0.6) is 0 Å². The van der Waals surface area contributed by atoms with E-state index >= 15 is 0 Å². The summed E-state index contributed by atoms with van der Waals surface area (Å²) in [5.74, 6) is -0.677. The van der Waals surface area contributed by atoms with Crippen molar-refractivity contribution in [3.8, 4) is 5.69 Å². The Morgan fingerprint density at radius 2 is 1.77 bits per heavy atom. The molecular formula is C24H23N3O3. The molecular weight excluding hydrogens is 378 g/mol. The summed E-state index contributed by atoms with van der Waals surface area (Å²) in [6.45, 7) is 5.40. The second-order valence-corrected chi connectivity index (χ2v) is 7.32. The molecule has 2 aromatic carbocycles. The van der Waals surface area contributed by atoms with Crippen LogP contribution in [-0.2, 0) is 16.0 Å². The van der Waals surface area contributed by atoms with E-state index in [4.69, 9.17) is 4.74 Å². The normalized spacial score (nSPS) is 12.1. The second kappa shape index (κ2) is 7.99. The number of esters is 1. The zero-order valence-electron chi connectivity index (χ0n) is 17.2. The number of hydrogen-bond acceptors (Lipinski definition) is 4.